The quantitative estimate of drug-likeness (QED) is 0.818. The third-order valence-corrected chi connectivity index (χ3v) is 5.67. The van der Waals surface area contributed by atoms with Crippen LogP contribution < -0.4 is 10.5 Å². The van der Waals surface area contributed by atoms with E-state index in [9.17, 15) is 8.42 Å². The number of nitrogens with one attached hydrogen (secondary N) is 1. The highest BCUT2D eigenvalue weighted by Gasteiger charge is 2.19. The molecule has 3 rings (SSSR count). The number of benzene rings is 2. The first-order chi connectivity index (χ1) is 9.95. The standard InChI is InChI=1S/C15H15BrN2O2S/c16-14-7-5-12(17)9-15(14)18-21(19,20)13-6-4-10-2-1-3-11(10)8-13/h4-9,18H,1-3,17H2. The number of fused-ring (bicyclic) bond motifs is 1. The lowest BCUT2D eigenvalue weighted by Crippen LogP contribution is -2.14. The summed E-state index contributed by atoms with van der Waals surface area (Å²) in [7, 11) is -3.61. The van der Waals surface area contributed by atoms with Gasteiger partial charge in [-0.05, 0) is 76.7 Å². The van der Waals surface area contributed by atoms with Gasteiger partial charge in [0.2, 0.25) is 0 Å². The third kappa shape index (κ3) is 2.91. The average Bonchev–Trinajstić information content (AvgIpc) is 2.90. The fourth-order valence-electron chi connectivity index (χ4n) is 2.54. The summed E-state index contributed by atoms with van der Waals surface area (Å²) in [6.45, 7) is 0. The highest BCUT2D eigenvalue weighted by Crippen LogP contribution is 2.29. The lowest BCUT2D eigenvalue weighted by Gasteiger charge is -2.11. The van der Waals surface area contributed by atoms with Crippen molar-refractivity contribution in [3.8, 4) is 0 Å². The van der Waals surface area contributed by atoms with Gasteiger partial charge in [0.1, 0.15) is 0 Å². The van der Waals surface area contributed by atoms with Crippen molar-refractivity contribution < 1.29 is 8.42 Å². The predicted molar refractivity (Wildman–Crippen MR) is 87.8 cm³/mol. The molecule has 0 heterocycles. The second-order valence-electron chi connectivity index (χ2n) is 5.13. The lowest BCUT2D eigenvalue weighted by molar-refractivity contribution is 0.601. The van der Waals surface area contributed by atoms with Crippen LogP contribution >= 0.6 is 15.9 Å². The maximum atomic E-state index is 12.5. The summed E-state index contributed by atoms with van der Waals surface area (Å²) in [5, 5.41) is 0. The number of hydrogen-bond donors (Lipinski definition) is 2. The number of anilines is 2. The Morgan fingerprint density at radius 3 is 2.62 bits per heavy atom. The van der Waals surface area contributed by atoms with Gasteiger partial charge < -0.3 is 5.73 Å². The summed E-state index contributed by atoms with van der Waals surface area (Å²) in [5.74, 6) is 0. The van der Waals surface area contributed by atoms with Gasteiger partial charge >= 0.3 is 0 Å². The Morgan fingerprint density at radius 2 is 1.81 bits per heavy atom. The molecule has 2 aromatic carbocycles. The second kappa shape index (κ2) is 5.35. The first-order valence-corrected chi connectivity index (χ1v) is 8.93. The van der Waals surface area contributed by atoms with Crippen molar-refractivity contribution in [1.82, 2.24) is 0 Å². The van der Waals surface area contributed by atoms with Crippen LogP contribution in [0.25, 0.3) is 0 Å². The number of halogens is 1. The van der Waals surface area contributed by atoms with Crippen LogP contribution in [0.1, 0.15) is 17.5 Å². The molecule has 0 aliphatic heterocycles. The van der Waals surface area contributed by atoms with E-state index in [0.717, 1.165) is 24.8 Å². The van der Waals surface area contributed by atoms with Crippen LogP contribution in [0.4, 0.5) is 11.4 Å². The van der Waals surface area contributed by atoms with Crippen LogP contribution in [0.3, 0.4) is 0 Å². The normalized spacial score (nSPS) is 14.0. The maximum Gasteiger partial charge on any atom is 0.261 e. The summed E-state index contributed by atoms with van der Waals surface area (Å²) in [6.07, 6.45) is 3.07. The molecule has 1 aliphatic rings. The molecular formula is C15H15BrN2O2S. The average molecular weight is 367 g/mol. The van der Waals surface area contributed by atoms with Crippen LogP contribution in [-0.4, -0.2) is 8.42 Å². The van der Waals surface area contributed by atoms with E-state index in [0.29, 0.717) is 15.8 Å². The molecule has 110 valence electrons. The first kappa shape index (κ1) is 14.4. The molecule has 0 radical (unpaired) electrons. The van der Waals surface area contributed by atoms with Gasteiger partial charge in [0.05, 0.1) is 10.6 Å². The Kier molecular flexibility index (Phi) is 3.67. The van der Waals surface area contributed by atoms with Crippen molar-refractivity contribution in [2.45, 2.75) is 24.2 Å². The Bertz CT molecular complexity index is 803. The van der Waals surface area contributed by atoms with Crippen molar-refractivity contribution in [2.75, 3.05) is 10.5 Å². The summed E-state index contributed by atoms with van der Waals surface area (Å²) in [5.41, 5.74) is 9.03. The van der Waals surface area contributed by atoms with E-state index >= 15 is 0 Å². The highest BCUT2D eigenvalue weighted by atomic mass is 79.9. The van der Waals surface area contributed by atoms with E-state index in [-0.39, 0.29) is 4.90 Å². The summed E-state index contributed by atoms with van der Waals surface area (Å²) >= 11 is 3.32. The molecule has 0 bridgehead atoms. The van der Waals surface area contributed by atoms with Crippen LogP contribution in [-0.2, 0) is 22.9 Å². The third-order valence-electron chi connectivity index (χ3n) is 3.61. The molecule has 0 saturated carbocycles. The van der Waals surface area contributed by atoms with Gasteiger partial charge in [-0.2, -0.15) is 0 Å². The molecule has 3 N–H and O–H groups in total. The van der Waals surface area contributed by atoms with Gasteiger partial charge in [0.15, 0.2) is 0 Å². The summed E-state index contributed by atoms with van der Waals surface area (Å²) < 4.78 is 28.2. The minimum atomic E-state index is -3.61. The van der Waals surface area contributed by atoms with E-state index in [1.807, 2.05) is 6.07 Å². The predicted octanol–water partition coefficient (Wildman–Crippen LogP) is 3.32. The number of nitrogens with two attached hydrogens (primary N) is 1. The number of aryl methyl sites for hydroxylation is 2. The Hall–Kier alpha value is -1.53. The van der Waals surface area contributed by atoms with Gasteiger partial charge in [-0.15, -0.1) is 0 Å². The molecule has 0 unspecified atom stereocenters. The molecule has 6 heteroatoms. The molecule has 2 aromatic rings. The number of nitrogen functional groups attached to an aromatic ring is 1. The molecule has 1 aliphatic carbocycles. The van der Waals surface area contributed by atoms with Crippen molar-refractivity contribution >= 4 is 37.3 Å². The number of hydrogen-bond acceptors (Lipinski definition) is 3. The zero-order chi connectivity index (χ0) is 15.0. The lowest BCUT2D eigenvalue weighted by atomic mass is 10.1. The molecular weight excluding hydrogens is 352 g/mol. The Morgan fingerprint density at radius 1 is 1.05 bits per heavy atom. The van der Waals surface area contributed by atoms with Gasteiger partial charge in [-0.1, -0.05) is 6.07 Å². The number of rotatable bonds is 3. The van der Waals surface area contributed by atoms with E-state index in [2.05, 4.69) is 20.7 Å². The molecule has 21 heavy (non-hydrogen) atoms. The monoisotopic (exact) mass is 366 g/mol. The smallest absolute Gasteiger partial charge is 0.261 e. The Balaban J connectivity index is 1.95. The van der Waals surface area contributed by atoms with E-state index in [1.54, 1.807) is 30.3 Å². The van der Waals surface area contributed by atoms with Gasteiger partial charge in [0.25, 0.3) is 10.0 Å². The van der Waals surface area contributed by atoms with Crippen LogP contribution in [0.2, 0.25) is 0 Å². The minimum Gasteiger partial charge on any atom is -0.399 e. The zero-order valence-electron chi connectivity index (χ0n) is 11.3. The fourth-order valence-corrected chi connectivity index (χ4v) is 4.14. The molecule has 0 amide bonds. The summed E-state index contributed by atoms with van der Waals surface area (Å²) in [4.78, 5) is 0.289. The van der Waals surface area contributed by atoms with Crippen LogP contribution in [0.15, 0.2) is 45.8 Å². The van der Waals surface area contributed by atoms with Gasteiger partial charge in [0, 0.05) is 10.2 Å². The molecule has 0 saturated heterocycles. The first-order valence-electron chi connectivity index (χ1n) is 6.65. The Labute approximate surface area is 132 Å². The maximum absolute atomic E-state index is 12.5. The summed E-state index contributed by atoms with van der Waals surface area (Å²) in [6, 6.07) is 10.4. The van der Waals surface area contributed by atoms with Crippen molar-refractivity contribution in [1.29, 1.82) is 0 Å². The van der Waals surface area contributed by atoms with Crippen molar-refractivity contribution in [3.63, 3.8) is 0 Å². The van der Waals surface area contributed by atoms with Crippen LogP contribution in [0, 0.1) is 0 Å². The molecule has 0 aromatic heterocycles. The van der Waals surface area contributed by atoms with E-state index < -0.39 is 10.0 Å². The van der Waals surface area contributed by atoms with Crippen molar-refractivity contribution in [3.05, 3.63) is 52.0 Å². The molecule has 0 fully saturated rings. The minimum absolute atomic E-state index is 0.289. The topological polar surface area (TPSA) is 72.2 Å². The van der Waals surface area contributed by atoms with E-state index in [4.69, 9.17) is 5.73 Å². The van der Waals surface area contributed by atoms with Crippen LogP contribution in [0.5, 0.6) is 0 Å². The van der Waals surface area contributed by atoms with Crippen molar-refractivity contribution in [2.24, 2.45) is 0 Å². The number of sulfonamides is 1. The molecule has 0 atom stereocenters. The SMILES string of the molecule is Nc1ccc(Br)c(NS(=O)(=O)c2ccc3c(c2)CCC3)c1. The molecule has 4 nitrogen and oxygen atoms in total. The second-order valence-corrected chi connectivity index (χ2v) is 7.67. The highest BCUT2D eigenvalue weighted by molar-refractivity contribution is 9.10. The van der Waals surface area contributed by atoms with Gasteiger partial charge in [-0.25, -0.2) is 8.42 Å². The van der Waals surface area contributed by atoms with Gasteiger partial charge in [-0.3, -0.25) is 4.72 Å². The molecule has 0 spiro atoms. The zero-order valence-corrected chi connectivity index (χ0v) is 13.7. The van der Waals surface area contributed by atoms with E-state index in [1.165, 1.54) is 5.56 Å². The fraction of sp³-hybridized carbons (Fsp3) is 0.200. The largest absolute Gasteiger partial charge is 0.399 e.